The van der Waals surface area contributed by atoms with Crippen LogP contribution in [0, 0.1) is 5.41 Å². The molecule has 4 nitrogen and oxygen atoms in total. The van der Waals surface area contributed by atoms with Gasteiger partial charge < -0.3 is 5.32 Å². The number of likely N-dealkylation sites (tertiary alicyclic amines) is 1. The molecule has 1 unspecified atom stereocenters. The molecule has 1 atom stereocenters. The van der Waals surface area contributed by atoms with E-state index in [4.69, 9.17) is 0 Å². The first-order valence-corrected chi connectivity index (χ1v) is 8.59. The summed E-state index contributed by atoms with van der Waals surface area (Å²) in [4.78, 5) is 2.47. The highest BCUT2D eigenvalue weighted by Gasteiger charge is 2.40. The molecule has 0 saturated carbocycles. The third-order valence-corrected chi connectivity index (χ3v) is 5.34. The van der Waals surface area contributed by atoms with Gasteiger partial charge in [-0.25, -0.2) is 4.68 Å². The van der Waals surface area contributed by atoms with Crippen LogP contribution in [-0.2, 0) is 12.7 Å². The number of alkyl halides is 3. The first kappa shape index (κ1) is 16.6. The fourth-order valence-corrected chi connectivity index (χ4v) is 3.94. The topological polar surface area (TPSA) is 33.1 Å². The smallest absolute Gasteiger partial charge is 0.316 e. The minimum Gasteiger partial charge on any atom is -0.316 e. The van der Waals surface area contributed by atoms with Crippen LogP contribution in [0.15, 0.2) is 36.5 Å². The number of nitrogens with zero attached hydrogens (tertiary/aromatic N) is 3. The second kappa shape index (κ2) is 6.14. The Kier molecular flexibility index (Phi) is 4.08. The molecule has 2 aliphatic heterocycles. The van der Waals surface area contributed by atoms with Gasteiger partial charge in [0.2, 0.25) is 0 Å². The van der Waals surface area contributed by atoms with E-state index in [1.54, 1.807) is 0 Å². The van der Waals surface area contributed by atoms with E-state index in [0.29, 0.717) is 11.1 Å². The van der Waals surface area contributed by atoms with Crippen molar-refractivity contribution in [3.05, 3.63) is 47.8 Å². The Morgan fingerprint density at radius 1 is 1.12 bits per heavy atom. The van der Waals surface area contributed by atoms with Crippen LogP contribution < -0.4 is 5.32 Å². The van der Waals surface area contributed by atoms with E-state index < -0.39 is 11.9 Å². The molecule has 4 rings (SSSR count). The number of nitrogens with one attached hydrogen (secondary N) is 1. The molecule has 134 valence electrons. The van der Waals surface area contributed by atoms with Crippen molar-refractivity contribution in [3.63, 3.8) is 0 Å². The number of rotatable bonds is 3. The Hall–Kier alpha value is -1.86. The number of aromatic nitrogens is 2. The molecule has 1 aromatic heterocycles. The SMILES string of the molecule is FC(F)(F)c1ccn(-c2ccc(CN3CCC4(CCNC4)C3)cc2)n1. The predicted octanol–water partition coefficient (Wildman–Crippen LogP) is 3.08. The van der Waals surface area contributed by atoms with Crippen molar-refractivity contribution in [2.45, 2.75) is 25.6 Å². The number of hydrogen-bond acceptors (Lipinski definition) is 3. The molecule has 0 amide bonds. The van der Waals surface area contributed by atoms with E-state index in [9.17, 15) is 13.2 Å². The Balaban J connectivity index is 1.41. The maximum Gasteiger partial charge on any atom is 0.435 e. The van der Waals surface area contributed by atoms with E-state index in [1.807, 2.05) is 24.3 Å². The van der Waals surface area contributed by atoms with Crippen LogP contribution in [0.1, 0.15) is 24.1 Å². The van der Waals surface area contributed by atoms with Gasteiger partial charge in [0, 0.05) is 25.8 Å². The average Bonchev–Trinajstić information content (AvgIpc) is 3.30. The minimum absolute atomic E-state index is 0.447. The number of halogens is 3. The second-order valence-electron chi connectivity index (χ2n) is 7.20. The van der Waals surface area contributed by atoms with Gasteiger partial charge in [0.15, 0.2) is 5.69 Å². The maximum atomic E-state index is 12.6. The molecule has 2 saturated heterocycles. The lowest BCUT2D eigenvalue weighted by Crippen LogP contribution is -2.28. The Bertz CT molecular complexity index is 730. The Morgan fingerprint density at radius 3 is 2.56 bits per heavy atom. The van der Waals surface area contributed by atoms with Crippen molar-refractivity contribution in [1.29, 1.82) is 0 Å². The van der Waals surface area contributed by atoms with Crippen molar-refractivity contribution in [2.75, 3.05) is 26.2 Å². The molecule has 0 aliphatic carbocycles. The van der Waals surface area contributed by atoms with Crippen LogP contribution >= 0.6 is 0 Å². The normalized spacial score (nSPS) is 24.4. The van der Waals surface area contributed by atoms with Gasteiger partial charge in [-0.05, 0) is 55.1 Å². The molecule has 2 aromatic rings. The summed E-state index contributed by atoms with van der Waals surface area (Å²) in [6.07, 6.45) is -0.573. The lowest BCUT2D eigenvalue weighted by molar-refractivity contribution is -0.141. The monoisotopic (exact) mass is 350 g/mol. The molecule has 2 fully saturated rings. The summed E-state index contributed by atoms with van der Waals surface area (Å²) in [5.41, 5.74) is 1.39. The number of hydrogen-bond donors (Lipinski definition) is 1. The van der Waals surface area contributed by atoms with Crippen molar-refractivity contribution >= 4 is 0 Å². The van der Waals surface area contributed by atoms with E-state index in [2.05, 4.69) is 15.3 Å². The zero-order valence-electron chi connectivity index (χ0n) is 13.9. The molecule has 7 heteroatoms. The highest BCUT2D eigenvalue weighted by atomic mass is 19.4. The maximum absolute atomic E-state index is 12.6. The van der Waals surface area contributed by atoms with Gasteiger partial charge in [-0.3, -0.25) is 4.90 Å². The van der Waals surface area contributed by atoms with E-state index >= 15 is 0 Å². The lowest BCUT2D eigenvalue weighted by atomic mass is 9.86. The first-order valence-electron chi connectivity index (χ1n) is 8.59. The van der Waals surface area contributed by atoms with Crippen LogP contribution in [-0.4, -0.2) is 40.9 Å². The van der Waals surface area contributed by atoms with Gasteiger partial charge in [0.25, 0.3) is 0 Å². The predicted molar refractivity (Wildman–Crippen MR) is 88.4 cm³/mol. The molecular formula is C18H21F3N4. The first-order chi connectivity index (χ1) is 11.9. The minimum atomic E-state index is -4.41. The third-order valence-electron chi connectivity index (χ3n) is 5.34. The van der Waals surface area contributed by atoms with Crippen LogP contribution in [0.25, 0.3) is 5.69 Å². The fraction of sp³-hybridized carbons (Fsp3) is 0.500. The quantitative estimate of drug-likeness (QED) is 0.924. The average molecular weight is 350 g/mol. The van der Waals surface area contributed by atoms with Crippen LogP contribution in [0.2, 0.25) is 0 Å². The van der Waals surface area contributed by atoms with Crippen LogP contribution in [0.3, 0.4) is 0 Å². The van der Waals surface area contributed by atoms with Gasteiger partial charge in [-0.1, -0.05) is 12.1 Å². The molecule has 3 heterocycles. The Labute approximate surface area is 144 Å². The van der Waals surface area contributed by atoms with E-state index in [1.165, 1.54) is 29.3 Å². The molecule has 1 N–H and O–H groups in total. The van der Waals surface area contributed by atoms with Gasteiger partial charge in [-0.15, -0.1) is 0 Å². The summed E-state index contributed by atoms with van der Waals surface area (Å²) in [7, 11) is 0. The molecule has 0 radical (unpaired) electrons. The summed E-state index contributed by atoms with van der Waals surface area (Å²) in [5.74, 6) is 0. The van der Waals surface area contributed by atoms with Gasteiger partial charge >= 0.3 is 6.18 Å². The zero-order valence-corrected chi connectivity index (χ0v) is 13.9. The highest BCUT2D eigenvalue weighted by Crippen LogP contribution is 2.36. The van der Waals surface area contributed by atoms with Crippen LogP contribution in [0.4, 0.5) is 13.2 Å². The van der Waals surface area contributed by atoms with Gasteiger partial charge in [0.1, 0.15) is 0 Å². The number of benzene rings is 1. The molecule has 1 spiro atoms. The summed E-state index contributed by atoms with van der Waals surface area (Å²) < 4.78 is 39.2. The largest absolute Gasteiger partial charge is 0.435 e. The van der Waals surface area contributed by atoms with E-state index in [-0.39, 0.29) is 0 Å². The molecule has 0 bridgehead atoms. The Morgan fingerprint density at radius 2 is 1.92 bits per heavy atom. The second-order valence-corrected chi connectivity index (χ2v) is 7.20. The summed E-state index contributed by atoms with van der Waals surface area (Å²) >= 11 is 0. The molecule has 2 aliphatic rings. The molecule has 1 aromatic carbocycles. The van der Waals surface area contributed by atoms with Gasteiger partial charge in [0.05, 0.1) is 5.69 Å². The summed E-state index contributed by atoms with van der Waals surface area (Å²) in [5, 5.41) is 7.07. The highest BCUT2D eigenvalue weighted by molar-refractivity contribution is 5.34. The zero-order chi connectivity index (χ0) is 17.5. The van der Waals surface area contributed by atoms with Crippen molar-refractivity contribution < 1.29 is 13.2 Å². The molecule has 25 heavy (non-hydrogen) atoms. The van der Waals surface area contributed by atoms with Crippen molar-refractivity contribution in [2.24, 2.45) is 5.41 Å². The lowest BCUT2D eigenvalue weighted by Gasteiger charge is -2.22. The van der Waals surface area contributed by atoms with E-state index in [0.717, 1.165) is 38.8 Å². The van der Waals surface area contributed by atoms with Crippen molar-refractivity contribution in [1.82, 2.24) is 20.0 Å². The standard InChI is InChI=1S/C18H21F3N4/c19-18(20,21)16-5-9-25(23-16)15-3-1-14(2-4-15)11-24-10-7-17(13-24)6-8-22-12-17/h1-5,9,22H,6-8,10-13H2. The van der Waals surface area contributed by atoms with Crippen molar-refractivity contribution in [3.8, 4) is 5.69 Å². The molecular weight excluding hydrogens is 329 g/mol. The summed E-state index contributed by atoms with van der Waals surface area (Å²) in [6.45, 7) is 5.35. The van der Waals surface area contributed by atoms with Gasteiger partial charge in [-0.2, -0.15) is 18.3 Å². The third kappa shape index (κ3) is 3.43. The van der Waals surface area contributed by atoms with Crippen LogP contribution in [0.5, 0.6) is 0 Å². The summed E-state index contributed by atoms with van der Waals surface area (Å²) in [6, 6.07) is 8.59. The fourth-order valence-electron chi connectivity index (χ4n) is 3.94.